The van der Waals surface area contributed by atoms with Crippen LogP contribution >= 0.6 is 11.6 Å². The van der Waals surface area contributed by atoms with Gasteiger partial charge >= 0.3 is 0 Å². The number of halogens is 1. The minimum absolute atomic E-state index is 0.405. The molecule has 0 bridgehead atoms. The third kappa shape index (κ3) is 2.85. The minimum atomic E-state index is 0.405. The summed E-state index contributed by atoms with van der Waals surface area (Å²) < 4.78 is 5.48. The van der Waals surface area contributed by atoms with Gasteiger partial charge in [-0.25, -0.2) is 0 Å². The molecule has 1 aliphatic rings. The number of nitrogens with zero attached hydrogens (tertiary/aromatic N) is 2. The van der Waals surface area contributed by atoms with Gasteiger partial charge in [-0.3, -0.25) is 4.90 Å². The van der Waals surface area contributed by atoms with E-state index in [1.54, 1.807) is 0 Å². The van der Waals surface area contributed by atoms with Crippen molar-refractivity contribution >= 4 is 11.6 Å². The summed E-state index contributed by atoms with van der Waals surface area (Å²) >= 11 is 6.31. The highest BCUT2D eigenvalue weighted by atomic mass is 35.5. The summed E-state index contributed by atoms with van der Waals surface area (Å²) in [5, 5.41) is 5.01. The predicted octanol–water partition coefficient (Wildman–Crippen LogP) is 4.54. The summed E-state index contributed by atoms with van der Waals surface area (Å²) in [5.74, 6) is 1.03. The molecule has 1 aromatic heterocycles. The summed E-state index contributed by atoms with van der Waals surface area (Å²) in [5.41, 5.74) is 3.52. The van der Waals surface area contributed by atoms with Crippen LogP contribution in [0.5, 0.6) is 0 Å². The Morgan fingerprint density at radius 3 is 2.95 bits per heavy atom. The Bertz CT molecular complexity index is 623. The Labute approximate surface area is 130 Å². The van der Waals surface area contributed by atoms with Crippen LogP contribution in [-0.4, -0.2) is 16.6 Å². The molecule has 1 saturated heterocycles. The predicted molar refractivity (Wildman–Crippen MR) is 84.5 cm³/mol. The summed E-state index contributed by atoms with van der Waals surface area (Å²) in [7, 11) is 0. The van der Waals surface area contributed by atoms with Gasteiger partial charge in [0.2, 0.25) is 0 Å². The largest absolute Gasteiger partial charge is 0.361 e. The van der Waals surface area contributed by atoms with E-state index < -0.39 is 0 Å². The number of benzene rings is 1. The lowest BCUT2D eigenvalue weighted by Crippen LogP contribution is -2.23. The van der Waals surface area contributed by atoms with Crippen molar-refractivity contribution in [2.45, 2.75) is 45.7 Å². The highest BCUT2D eigenvalue weighted by molar-refractivity contribution is 6.31. The van der Waals surface area contributed by atoms with Crippen molar-refractivity contribution in [3.63, 3.8) is 0 Å². The number of rotatable bonds is 4. The Morgan fingerprint density at radius 2 is 2.19 bits per heavy atom. The molecule has 0 N–H and O–H groups in total. The maximum atomic E-state index is 6.31. The van der Waals surface area contributed by atoms with E-state index in [4.69, 9.17) is 16.1 Å². The first-order valence-electron chi connectivity index (χ1n) is 7.63. The molecule has 0 amide bonds. The van der Waals surface area contributed by atoms with Gasteiger partial charge in [-0.15, -0.1) is 0 Å². The molecule has 1 aliphatic heterocycles. The summed E-state index contributed by atoms with van der Waals surface area (Å²) in [6.07, 6.45) is 3.27. The Morgan fingerprint density at radius 1 is 1.38 bits per heavy atom. The van der Waals surface area contributed by atoms with Crippen molar-refractivity contribution in [3.05, 3.63) is 51.9 Å². The van der Waals surface area contributed by atoms with E-state index in [1.807, 2.05) is 19.1 Å². The fraction of sp³-hybridized carbons (Fsp3) is 0.471. The molecule has 1 aromatic carbocycles. The molecule has 4 heteroatoms. The van der Waals surface area contributed by atoms with Crippen LogP contribution in [0.1, 0.15) is 48.4 Å². The van der Waals surface area contributed by atoms with E-state index in [2.05, 4.69) is 29.1 Å². The molecule has 1 fully saturated rings. The van der Waals surface area contributed by atoms with E-state index in [-0.39, 0.29) is 0 Å². The fourth-order valence-electron chi connectivity index (χ4n) is 3.29. The van der Waals surface area contributed by atoms with Gasteiger partial charge in [0.15, 0.2) is 0 Å². The summed E-state index contributed by atoms with van der Waals surface area (Å²) in [6, 6.07) is 8.51. The first-order valence-corrected chi connectivity index (χ1v) is 8.01. The highest BCUT2D eigenvalue weighted by Crippen LogP contribution is 2.37. The van der Waals surface area contributed by atoms with Crippen molar-refractivity contribution in [1.82, 2.24) is 10.1 Å². The number of hydrogen-bond acceptors (Lipinski definition) is 3. The van der Waals surface area contributed by atoms with E-state index in [0.717, 1.165) is 36.0 Å². The van der Waals surface area contributed by atoms with Crippen LogP contribution in [0, 0.1) is 6.92 Å². The molecule has 21 heavy (non-hydrogen) atoms. The quantitative estimate of drug-likeness (QED) is 0.830. The molecule has 0 saturated carbocycles. The van der Waals surface area contributed by atoms with Gasteiger partial charge in [-0.05, 0) is 37.9 Å². The average molecular weight is 305 g/mol. The van der Waals surface area contributed by atoms with Crippen LogP contribution < -0.4 is 0 Å². The maximum Gasteiger partial charge on any atom is 0.141 e. The third-order valence-corrected chi connectivity index (χ3v) is 4.70. The molecule has 0 unspecified atom stereocenters. The zero-order chi connectivity index (χ0) is 14.8. The van der Waals surface area contributed by atoms with Gasteiger partial charge in [-0.2, -0.15) is 0 Å². The number of aryl methyl sites for hydroxylation is 2. The van der Waals surface area contributed by atoms with Gasteiger partial charge in [0.1, 0.15) is 5.76 Å². The van der Waals surface area contributed by atoms with Gasteiger partial charge in [-0.1, -0.05) is 41.9 Å². The van der Waals surface area contributed by atoms with Crippen LogP contribution in [0.4, 0.5) is 0 Å². The van der Waals surface area contributed by atoms with Crippen molar-refractivity contribution in [1.29, 1.82) is 0 Å². The highest BCUT2D eigenvalue weighted by Gasteiger charge is 2.31. The standard InChI is InChI=1S/C17H21ClN2O/c1-3-16-17(12(2)19-21-16)15-9-6-10-20(15)11-13-7-4-5-8-14(13)18/h4-5,7-8,15H,3,6,9-11H2,1-2H3/t15-/m0/s1. The van der Waals surface area contributed by atoms with Crippen LogP contribution in [0.25, 0.3) is 0 Å². The van der Waals surface area contributed by atoms with Gasteiger partial charge in [0.05, 0.1) is 5.69 Å². The molecule has 3 nitrogen and oxygen atoms in total. The Balaban J connectivity index is 1.86. The maximum absolute atomic E-state index is 6.31. The van der Waals surface area contributed by atoms with Crippen LogP contribution in [0.2, 0.25) is 5.02 Å². The Kier molecular flexibility index (Phi) is 4.32. The number of likely N-dealkylation sites (tertiary alicyclic amines) is 1. The van der Waals surface area contributed by atoms with Crippen molar-refractivity contribution in [2.75, 3.05) is 6.54 Å². The fourth-order valence-corrected chi connectivity index (χ4v) is 3.49. The normalized spacial score (nSPS) is 19.3. The minimum Gasteiger partial charge on any atom is -0.361 e. The molecule has 0 aliphatic carbocycles. The van der Waals surface area contributed by atoms with Crippen molar-refractivity contribution in [3.8, 4) is 0 Å². The number of hydrogen-bond donors (Lipinski definition) is 0. The third-order valence-electron chi connectivity index (χ3n) is 4.33. The molecule has 1 atom stereocenters. The molecule has 2 heterocycles. The van der Waals surface area contributed by atoms with Crippen LogP contribution in [0.15, 0.2) is 28.8 Å². The molecule has 3 rings (SSSR count). The van der Waals surface area contributed by atoms with E-state index in [0.29, 0.717) is 6.04 Å². The molecule has 112 valence electrons. The summed E-state index contributed by atoms with van der Waals surface area (Å²) in [6.45, 7) is 6.16. The van der Waals surface area contributed by atoms with Crippen LogP contribution in [0.3, 0.4) is 0 Å². The second-order valence-electron chi connectivity index (χ2n) is 5.68. The van der Waals surface area contributed by atoms with E-state index >= 15 is 0 Å². The van der Waals surface area contributed by atoms with Gasteiger partial charge in [0.25, 0.3) is 0 Å². The second kappa shape index (κ2) is 6.20. The average Bonchev–Trinajstić information content (AvgIpc) is 3.07. The Hall–Kier alpha value is -1.32. The molecule has 2 aromatic rings. The first kappa shape index (κ1) is 14.6. The SMILES string of the molecule is CCc1onc(C)c1[C@@H]1CCCN1Cc1ccccc1Cl. The monoisotopic (exact) mass is 304 g/mol. The van der Waals surface area contributed by atoms with Crippen molar-refractivity contribution < 1.29 is 4.52 Å². The van der Waals surface area contributed by atoms with Crippen molar-refractivity contribution in [2.24, 2.45) is 0 Å². The zero-order valence-electron chi connectivity index (χ0n) is 12.6. The smallest absolute Gasteiger partial charge is 0.141 e. The first-order chi connectivity index (χ1) is 10.2. The van der Waals surface area contributed by atoms with Crippen LogP contribution in [-0.2, 0) is 13.0 Å². The lowest BCUT2D eigenvalue weighted by Gasteiger charge is -2.25. The van der Waals surface area contributed by atoms with E-state index in [9.17, 15) is 0 Å². The lowest BCUT2D eigenvalue weighted by molar-refractivity contribution is 0.245. The zero-order valence-corrected chi connectivity index (χ0v) is 13.4. The van der Waals surface area contributed by atoms with Gasteiger partial charge in [0, 0.05) is 29.6 Å². The summed E-state index contributed by atoms with van der Waals surface area (Å²) in [4.78, 5) is 2.50. The number of aromatic nitrogens is 1. The second-order valence-corrected chi connectivity index (χ2v) is 6.09. The molecular weight excluding hydrogens is 284 g/mol. The molecular formula is C17H21ClN2O. The van der Waals surface area contributed by atoms with Gasteiger partial charge < -0.3 is 4.52 Å². The molecule has 0 spiro atoms. The lowest BCUT2D eigenvalue weighted by atomic mass is 10.0. The topological polar surface area (TPSA) is 29.3 Å². The van der Waals surface area contributed by atoms with E-state index in [1.165, 1.54) is 24.0 Å². The molecule has 0 radical (unpaired) electrons.